The number of para-hydroxylation sites is 1. The van der Waals surface area contributed by atoms with Gasteiger partial charge in [0, 0.05) is 28.9 Å². The molecule has 1 N–H and O–H groups in total. The van der Waals surface area contributed by atoms with Crippen LogP contribution in [0.1, 0.15) is 47.8 Å². The Morgan fingerprint density at radius 1 is 0.714 bits per heavy atom. The van der Waals surface area contributed by atoms with Crippen LogP contribution in [0.25, 0.3) is 56.5 Å². The molecule has 6 aromatic carbocycles. The van der Waals surface area contributed by atoms with Crippen molar-refractivity contribution in [2.75, 3.05) is 4.90 Å². The number of fused-ring (bicyclic) bond motifs is 2. The van der Waals surface area contributed by atoms with Crippen LogP contribution in [0.3, 0.4) is 0 Å². The van der Waals surface area contributed by atoms with E-state index in [4.69, 9.17) is 9.83 Å². The highest BCUT2D eigenvalue weighted by Crippen LogP contribution is 2.43. The minimum absolute atomic E-state index is 0.362. The van der Waals surface area contributed by atoms with Gasteiger partial charge in [-0.15, -0.1) is 13.2 Å². The lowest BCUT2D eigenvalue weighted by Gasteiger charge is -2.29. The summed E-state index contributed by atoms with van der Waals surface area (Å²) in [5.41, 5.74) is 15.9. The maximum Gasteiger partial charge on any atom is 0.159 e. The average molecular weight is 819 g/mol. The van der Waals surface area contributed by atoms with Crippen LogP contribution in [0, 0.1) is 18.3 Å². The number of rotatable bonds is 8. The Kier molecular flexibility index (Phi) is 14.6. The summed E-state index contributed by atoms with van der Waals surface area (Å²) in [5, 5.41) is 8.50. The van der Waals surface area contributed by atoms with E-state index in [1.54, 1.807) is 0 Å². The number of aryl methyl sites for hydroxylation is 1. The van der Waals surface area contributed by atoms with Crippen molar-refractivity contribution >= 4 is 51.9 Å². The van der Waals surface area contributed by atoms with Gasteiger partial charge in [-0.1, -0.05) is 189 Å². The molecule has 0 saturated heterocycles. The second-order valence-electron chi connectivity index (χ2n) is 15.4. The normalized spacial score (nSPS) is 15.7. The predicted octanol–water partition coefficient (Wildman–Crippen LogP) is 16.9. The van der Waals surface area contributed by atoms with Crippen LogP contribution >= 0.6 is 0 Å². The van der Waals surface area contributed by atoms with Crippen LogP contribution in [0.2, 0.25) is 0 Å². The molecule has 1 unspecified atom stereocenters. The molecule has 0 spiro atoms. The van der Waals surface area contributed by atoms with E-state index in [1.165, 1.54) is 45.2 Å². The van der Waals surface area contributed by atoms with E-state index in [-0.39, 0.29) is 0 Å². The van der Waals surface area contributed by atoms with Crippen molar-refractivity contribution in [2.24, 2.45) is 5.92 Å². The highest BCUT2D eigenvalue weighted by Gasteiger charge is 2.23. The van der Waals surface area contributed by atoms with E-state index in [0.29, 0.717) is 5.92 Å². The number of hydrogen-bond acceptors (Lipinski definition) is 3. The minimum atomic E-state index is 0.362. The summed E-state index contributed by atoms with van der Waals surface area (Å²) < 4.78 is 6.58. The third kappa shape index (κ3) is 10.4. The Hall–Kier alpha value is -7.75. The number of nitrogens with zero attached hydrogens (tertiary/aromatic N) is 1. The van der Waals surface area contributed by atoms with Gasteiger partial charge in [0.1, 0.15) is 5.76 Å². The van der Waals surface area contributed by atoms with Gasteiger partial charge in [0.05, 0.1) is 11.4 Å². The summed E-state index contributed by atoms with van der Waals surface area (Å²) in [6, 6.07) is 52.7. The van der Waals surface area contributed by atoms with E-state index in [2.05, 4.69) is 221 Å². The van der Waals surface area contributed by atoms with Crippen molar-refractivity contribution in [3.8, 4) is 22.3 Å². The average Bonchev–Trinajstić information content (AvgIpc) is 3.67. The molecule has 1 aliphatic heterocycles. The van der Waals surface area contributed by atoms with Gasteiger partial charge in [-0.2, -0.15) is 0 Å². The maximum atomic E-state index is 7.35. The lowest BCUT2D eigenvalue weighted by Crippen LogP contribution is -2.14. The van der Waals surface area contributed by atoms with Gasteiger partial charge in [-0.3, -0.25) is 0 Å². The van der Waals surface area contributed by atoms with Crippen LogP contribution in [0.4, 0.5) is 11.4 Å². The second-order valence-corrected chi connectivity index (χ2v) is 15.4. The molecule has 3 nitrogen and oxygen atoms in total. The van der Waals surface area contributed by atoms with Gasteiger partial charge in [0.25, 0.3) is 0 Å². The van der Waals surface area contributed by atoms with E-state index < -0.39 is 0 Å². The van der Waals surface area contributed by atoms with Gasteiger partial charge in [0.15, 0.2) is 5.58 Å². The number of nitrogens with one attached hydrogen (secondary N) is 1. The molecule has 2 aliphatic rings. The summed E-state index contributed by atoms with van der Waals surface area (Å²) in [5.74, 6) is 1.28. The molecule has 0 amide bonds. The maximum absolute atomic E-state index is 7.35. The molecular formula is C60H54N2O. The molecule has 1 atom stereocenters. The molecule has 0 bridgehead atoms. The van der Waals surface area contributed by atoms with E-state index in [0.717, 1.165) is 63.2 Å². The first-order valence-corrected chi connectivity index (χ1v) is 21.5. The van der Waals surface area contributed by atoms with E-state index in [9.17, 15) is 0 Å². The molecule has 0 saturated carbocycles. The summed E-state index contributed by atoms with van der Waals surface area (Å²) in [6.45, 7) is 14.9. The zero-order valence-electron chi connectivity index (χ0n) is 36.3. The van der Waals surface area contributed by atoms with Crippen molar-refractivity contribution in [1.29, 1.82) is 5.41 Å². The van der Waals surface area contributed by atoms with Crippen molar-refractivity contribution in [3.63, 3.8) is 0 Å². The number of benzene rings is 6. The van der Waals surface area contributed by atoms with Gasteiger partial charge in [0.2, 0.25) is 0 Å². The van der Waals surface area contributed by atoms with E-state index >= 15 is 0 Å². The van der Waals surface area contributed by atoms with Crippen molar-refractivity contribution in [3.05, 3.63) is 254 Å². The Morgan fingerprint density at radius 3 is 2.03 bits per heavy atom. The van der Waals surface area contributed by atoms with Gasteiger partial charge >= 0.3 is 0 Å². The fourth-order valence-corrected chi connectivity index (χ4v) is 7.83. The molecular weight excluding hydrogens is 765 g/mol. The Bertz CT molecular complexity index is 2850. The summed E-state index contributed by atoms with van der Waals surface area (Å²) in [4.78, 5) is 2.27. The molecule has 2 heterocycles. The highest BCUT2D eigenvalue weighted by atomic mass is 16.3. The highest BCUT2D eigenvalue weighted by molar-refractivity contribution is 5.98. The Balaban J connectivity index is 0.000000198. The van der Waals surface area contributed by atoms with Crippen molar-refractivity contribution in [2.45, 2.75) is 26.7 Å². The minimum Gasteiger partial charge on any atom is -0.454 e. The molecule has 0 fully saturated rings. The van der Waals surface area contributed by atoms with E-state index in [1.807, 2.05) is 30.3 Å². The summed E-state index contributed by atoms with van der Waals surface area (Å²) in [7, 11) is 0. The molecule has 63 heavy (non-hydrogen) atoms. The van der Waals surface area contributed by atoms with Crippen molar-refractivity contribution < 1.29 is 4.42 Å². The van der Waals surface area contributed by atoms with Gasteiger partial charge in [-0.05, 0) is 106 Å². The predicted molar refractivity (Wildman–Crippen MR) is 273 cm³/mol. The second kappa shape index (κ2) is 21.2. The molecule has 9 rings (SSSR count). The molecule has 3 heteroatoms. The molecule has 7 aromatic rings. The molecule has 310 valence electrons. The largest absolute Gasteiger partial charge is 0.454 e. The molecule has 1 aromatic heterocycles. The number of anilines is 2. The third-order valence-electron chi connectivity index (χ3n) is 11.4. The van der Waals surface area contributed by atoms with Crippen LogP contribution in [-0.2, 0) is 0 Å². The molecule has 1 aliphatic carbocycles. The number of furan rings is 1. The standard InChI is InChI=1S/C35H31NO.C23H19N.C2H4/c1-24-12-11-21-36(32-20-19-29(23-31(32)25(24)2)28-15-8-5-9-16-28)33-18-10-17-30-26(3)34(37-35(30)33)22-27-13-6-4-7-14-27;24-18-17-23(21-9-5-2-6-10-21)16-13-19-11-14-22(15-12-19)20-7-3-1-4-8-20;1-2/h4-11,13,15-24H,2,12,14H2,1,3H3;1-18,24H;1-2H2/b21-11-,27-22-;16-13-,23-17+,24-18?;. The third-order valence-corrected chi connectivity index (χ3v) is 11.4. The van der Waals surface area contributed by atoms with Crippen LogP contribution in [0.5, 0.6) is 0 Å². The monoisotopic (exact) mass is 818 g/mol. The first kappa shape index (κ1) is 43.3. The number of hydrogen-bond donors (Lipinski definition) is 1. The lowest BCUT2D eigenvalue weighted by molar-refractivity contribution is 0.601. The van der Waals surface area contributed by atoms with Crippen LogP contribution < -0.4 is 4.90 Å². The van der Waals surface area contributed by atoms with Crippen LogP contribution in [0.15, 0.2) is 230 Å². The summed E-state index contributed by atoms with van der Waals surface area (Å²) >= 11 is 0. The van der Waals surface area contributed by atoms with Gasteiger partial charge in [-0.25, -0.2) is 0 Å². The fourth-order valence-electron chi connectivity index (χ4n) is 7.83. The Labute approximate surface area is 373 Å². The molecule has 0 radical (unpaired) electrons. The van der Waals surface area contributed by atoms with Crippen molar-refractivity contribution in [1.82, 2.24) is 0 Å². The topological polar surface area (TPSA) is 40.2 Å². The summed E-state index contributed by atoms with van der Waals surface area (Å²) in [6.07, 6.45) is 24.3. The first-order valence-electron chi connectivity index (χ1n) is 21.5. The number of allylic oxidation sites excluding steroid dienone is 10. The lowest BCUT2D eigenvalue weighted by atomic mass is 9.88. The van der Waals surface area contributed by atoms with Gasteiger partial charge < -0.3 is 14.7 Å². The van der Waals surface area contributed by atoms with Crippen LogP contribution in [-0.4, -0.2) is 6.21 Å². The SMILES string of the molecule is C=C.C=C1c2cc(-c3ccccc3)ccc2N(c2cccc3c(C)c(/C=C4/C=CC=CC4)oc23)/C=C\CC1C.N=C/C=C(\C=C/c1ccc(-c2ccccc2)cc1)c1ccccc1. The quantitative estimate of drug-likeness (QED) is 0.0943. The Morgan fingerprint density at radius 2 is 1.37 bits per heavy atom. The smallest absolute Gasteiger partial charge is 0.159 e. The first-order chi connectivity index (χ1) is 31.0. The zero-order chi connectivity index (χ0) is 44.0. The zero-order valence-corrected chi connectivity index (χ0v) is 36.3. The fraction of sp³-hybridized carbons (Fsp3) is 0.0833.